The fourth-order valence-corrected chi connectivity index (χ4v) is 3.13. The number of carbonyl (C=O) groups is 1. The van der Waals surface area contributed by atoms with Crippen molar-refractivity contribution in [3.63, 3.8) is 0 Å². The summed E-state index contributed by atoms with van der Waals surface area (Å²) in [6.45, 7) is 2.23. The molecule has 3 rings (SSSR count). The molecule has 24 heavy (non-hydrogen) atoms. The van der Waals surface area contributed by atoms with Gasteiger partial charge in [0, 0.05) is 39.4 Å². The maximum atomic E-state index is 13.0. The zero-order valence-corrected chi connectivity index (χ0v) is 14.0. The first-order valence-corrected chi connectivity index (χ1v) is 8.16. The van der Waals surface area contributed by atoms with Gasteiger partial charge in [-0.25, -0.2) is 4.39 Å². The number of aromatic nitrogens is 2. The molecule has 0 aliphatic carbocycles. The summed E-state index contributed by atoms with van der Waals surface area (Å²) >= 11 is 0. The highest BCUT2D eigenvalue weighted by Crippen LogP contribution is 2.22. The van der Waals surface area contributed by atoms with E-state index in [-0.39, 0.29) is 11.7 Å². The van der Waals surface area contributed by atoms with Crippen LogP contribution in [0, 0.1) is 11.7 Å². The van der Waals surface area contributed by atoms with Gasteiger partial charge < -0.3 is 9.64 Å². The fourth-order valence-electron chi connectivity index (χ4n) is 3.13. The maximum Gasteiger partial charge on any atom is 0.272 e. The van der Waals surface area contributed by atoms with Crippen LogP contribution in [0.25, 0.3) is 11.3 Å². The molecule has 1 saturated heterocycles. The van der Waals surface area contributed by atoms with Gasteiger partial charge in [-0.05, 0) is 49.1 Å². The van der Waals surface area contributed by atoms with Crippen molar-refractivity contribution in [3.8, 4) is 11.3 Å². The van der Waals surface area contributed by atoms with E-state index in [4.69, 9.17) is 4.74 Å². The van der Waals surface area contributed by atoms with Gasteiger partial charge in [-0.2, -0.15) is 5.10 Å². The third-order valence-corrected chi connectivity index (χ3v) is 4.54. The number of piperidine rings is 1. The molecule has 1 fully saturated rings. The Kier molecular flexibility index (Phi) is 4.94. The number of amides is 1. The Morgan fingerprint density at radius 1 is 1.29 bits per heavy atom. The highest BCUT2D eigenvalue weighted by molar-refractivity contribution is 5.93. The summed E-state index contributed by atoms with van der Waals surface area (Å²) in [5.41, 5.74) is 2.03. The summed E-state index contributed by atoms with van der Waals surface area (Å²) in [6, 6.07) is 7.90. The normalized spacial score (nSPS) is 15.7. The van der Waals surface area contributed by atoms with Crippen molar-refractivity contribution in [1.29, 1.82) is 0 Å². The maximum absolute atomic E-state index is 13.0. The molecule has 1 aliphatic heterocycles. The molecule has 128 valence electrons. The van der Waals surface area contributed by atoms with Crippen molar-refractivity contribution in [2.75, 3.05) is 26.8 Å². The summed E-state index contributed by atoms with van der Waals surface area (Å²) in [6.07, 6.45) is 1.92. The molecule has 1 aliphatic rings. The second-order valence-electron chi connectivity index (χ2n) is 6.24. The Hall–Kier alpha value is -2.21. The average Bonchev–Trinajstić information content (AvgIpc) is 2.98. The lowest BCUT2D eigenvalue weighted by molar-refractivity contribution is 0.0603. The first-order chi connectivity index (χ1) is 11.6. The summed E-state index contributed by atoms with van der Waals surface area (Å²) < 4.78 is 19.8. The van der Waals surface area contributed by atoms with Crippen LogP contribution in [0.5, 0.6) is 0 Å². The van der Waals surface area contributed by atoms with E-state index in [1.165, 1.54) is 12.1 Å². The Morgan fingerprint density at radius 3 is 2.58 bits per heavy atom. The van der Waals surface area contributed by atoms with Crippen LogP contribution >= 0.6 is 0 Å². The molecule has 0 unspecified atom stereocenters. The minimum absolute atomic E-state index is 0.00534. The van der Waals surface area contributed by atoms with Crippen LogP contribution in [0.3, 0.4) is 0 Å². The number of aryl methyl sites for hydroxylation is 1. The van der Waals surface area contributed by atoms with E-state index in [9.17, 15) is 9.18 Å². The number of nitrogens with zero attached hydrogens (tertiary/aromatic N) is 3. The van der Waals surface area contributed by atoms with Gasteiger partial charge in [-0.15, -0.1) is 0 Å². The average molecular weight is 331 g/mol. The molecule has 2 aromatic rings. The Morgan fingerprint density at radius 2 is 1.96 bits per heavy atom. The quantitative estimate of drug-likeness (QED) is 0.865. The van der Waals surface area contributed by atoms with E-state index in [0.29, 0.717) is 17.3 Å². The van der Waals surface area contributed by atoms with Crippen molar-refractivity contribution in [1.82, 2.24) is 14.7 Å². The minimum Gasteiger partial charge on any atom is -0.384 e. The van der Waals surface area contributed by atoms with Crippen LogP contribution < -0.4 is 0 Å². The Bertz CT molecular complexity index is 704. The van der Waals surface area contributed by atoms with Gasteiger partial charge in [0.1, 0.15) is 11.5 Å². The standard InChI is InChI=1S/C18H22FN3O2/c1-21-17(11-16(20-21)14-3-5-15(19)6-4-14)18(23)22-9-7-13(8-10-22)12-24-2/h3-6,11,13H,7-10,12H2,1-2H3. The van der Waals surface area contributed by atoms with Gasteiger partial charge >= 0.3 is 0 Å². The lowest BCUT2D eigenvalue weighted by Crippen LogP contribution is -2.40. The largest absolute Gasteiger partial charge is 0.384 e. The molecular weight excluding hydrogens is 309 g/mol. The SMILES string of the molecule is COCC1CCN(C(=O)c2cc(-c3ccc(F)cc3)nn2C)CC1. The van der Waals surface area contributed by atoms with Gasteiger partial charge in [-0.1, -0.05) is 0 Å². The zero-order chi connectivity index (χ0) is 17.1. The van der Waals surface area contributed by atoms with E-state index >= 15 is 0 Å². The van der Waals surface area contributed by atoms with Crippen molar-refractivity contribution < 1.29 is 13.9 Å². The molecule has 0 N–H and O–H groups in total. The lowest BCUT2D eigenvalue weighted by Gasteiger charge is -2.31. The number of carbonyl (C=O) groups excluding carboxylic acids is 1. The number of methoxy groups -OCH3 is 1. The molecule has 0 atom stereocenters. The topological polar surface area (TPSA) is 47.4 Å². The molecule has 5 nitrogen and oxygen atoms in total. The van der Waals surface area contributed by atoms with Crippen LogP contribution in [0.15, 0.2) is 30.3 Å². The highest BCUT2D eigenvalue weighted by atomic mass is 19.1. The lowest BCUT2D eigenvalue weighted by atomic mass is 9.97. The number of halogens is 1. The fraction of sp³-hybridized carbons (Fsp3) is 0.444. The minimum atomic E-state index is -0.287. The molecule has 1 aromatic heterocycles. The molecular formula is C18H22FN3O2. The van der Waals surface area contributed by atoms with Gasteiger partial charge in [0.05, 0.1) is 5.69 Å². The van der Waals surface area contributed by atoms with Crippen molar-refractivity contribution in [3.05, 3.63) is 41.8 Å². The van der Waals surface area contributed by atoms with E-state index in [0.717, 1.165) is 38.1 Å². The smallest absolute Gasteiger partial charge is 0.272 e. The van der Waals surface area contributed by atoms with E-state index in [2.05, 4.69) is 5.10 Å². The van der Waals surface area contributed by atoms with Gasteiger partial charge in [0.2, 0.25) is 0 Å². The monoisotopic (exact) mass is 331 g/mol. The molecule has 6 heteroatoms. The number of hydrogen-bond acceptors (Lipinski definition) is 3. The predicted molar refractivity (Wildman–Crippen MR) is 89.1 cm³/mol. The van der Waals surface area contributed by atoms with Crippen LogP contribution in [0.1, 0.15) is 23.3 Å². The second-order valence-corrected chi connectivity index (χ2v) is 6.24. The summed E-state index contributed by atoms with van der Waals surface area (Å²) in [5.74, 6) is 0.236. The molecule has 0 spiro atoms. The third kappa shape index (κ3) is 3.48. The molecule has 1 amide bonds. The molecule has 2 heterocycles. The van der Waals surface area contributed by atoms with Gasteiger partial charge in [0.25, 0.3) is 5.91 Å². The van der Waals surface area contributed by atoms with Gasteiger partial charge in [0.15, 0.2) is 0 Å². The van der Waals surface area contributed by atoms with E-state index < -0.39 is 0 Å². The zero-order valence-electron chi connectivity index (χ0n) is 14.0. The van der Waals surface area contributed by atoms with Crippen LogP contribution in [0.4, 0.5) is 4.39 Å². The summed E-state index contributed by atoms with van der Waals surface area (Å²) in [7, 11) is 3.47. The second kappa shape index (κ2) is 7.13. The van der Waals surface area contributed by atoms with E-state index in [1.54, 1.807) is 37.0 Å². The first-order valence-electron chi connectivity index (χ1n) is 8.16. The van der Waals surface area contributed by atoms with Crippen molar-refractivity contribution in [2.45, 2.75) is 12.8 Å². The molecule has 1 aromatic carbocycles. The summed E-state index contributed by atoms with van der Waals surface area (Å²) in [5, 5.41) is 4.40. The van der Waals surface area contributed by atoms with E-state index in [1.807, 2.05) is 4.90 Å². The van der Waals surface area contributed by atoms with Crippen LogP contribution in [0.2, 0.25) is 0 Å². The molecule has 0 saturated carbocycles. The Balaban J connectivity index is 1.73. The predicted octanol–water partition coefficient (Wildman–Crippen LogP) is 2.72. The van der Waals surface area contributed by atoms with Crippen LogP contribution in [-0.2, 0) is 11.8 Å². The molecule has 0 radical (unpaired) electrons. The number of benzene rings is 1. The summed E-state index contributed by atoms with van der Waals surface area (Å²) in [4.78, 5) is 14.6. The first kappa shape index (κ1) is 16.6. The number of rotatable bonds is 4. The highest BCUT2D eigenvalue weighted by Gasteiger charge is 2.25. The van der Waals surface area contributed by atoms with Crippen molar-refractivity contribution >= 4 is 5.91 Å². The van der Waals surface area contributed by atoms with Gasteiger partial charge in [-0.3, -0.25) is 9.48 Å². The number of hydrogen-bond donors (Lipinski definition) is 0. The Labute approximate surface area is 141 Å². The van der Waals surface area contributed by atoms with Crippen molar-refractivity contribution in [2.24, 2.45) is 13.0 Å². The third-order valence-electron chi connectivity index (χ3n) is 4.54. The number of ether oxygens (including phenoxy) is 1. The number of likely N-dealkylation sites (tertiary alicyclic amines) is 1. The molecule has 0 bridgehead atoms. The van der Waals surface area contributed by atoms with Crippen LogP contribution in [-0.4, -0.2) is 47.4 Å².